The lowest BCUT2D eigenvalue weighted by atomic mass is 10.1. The molecule has 0 spiro atoms. The summed E-state index contributed by atoms with van der Waals surface area (Å²) in [5, 5.41) is 1.97. The highest BCUT2D eigenvalue weighted by Crippen LogP contribution is 2.33. The van der Waals surface area contributed by atoms with E-state index in [0.717, 1.165) is 16.1 Å². The van der Waals surface area contributed by atoms with Crippen LogP contribution in [0.3, 0.4) is 0 Å². The lowest BCUT2D eigenvalue weighted by molar-refractivity contribution is -0.114. The number of carbonyl (C=O) groups is 2. The molecule has 1 aliphatic heterocycles. The number of benzene rings is 1. The minimum atomic E-state index is -0.423. The summed E-state index contributed by atoms with van der Waals surface area (Å²) in [6, 6.07) is 9.37. The number of carbonyl (C=O) groups excluding carboxylic acids is 2. The zero-order chi connectivity index (χ0) is 12.7. The fourth-order valence-electron chi connectivity index (χ4n) is 2.25. The molecule has 90 valence electrons. The zero-order valence-electron chi connectivity index (χ0n) is 9.84. The molecule has 3 nitrogen and oxygen atoms in total. The van der Waals surface area contributed by atoms with Crippen molar-refractivity contribution in [1.82, 2.24) is 0 Å². The van der Waals surface area contributed by atoms with Gasteiger partial charge in [0.05, 0.1) is 17.8 Å². The predicted octanol–water partition coefficient (Wildman–Crippen LogP) is 2.79. The molecule has 0 fully saturated rings. The summed E-state index contributed by atoms with van der Waals surface area (Å²) in [4.78, 5) is 26.6. The predicted molar refractivity (Wildman–Crippen MR) is 71.0 cm³/mol. The summed E-state index contributed by atoms with van der Waals surface area (Å²) in [7, 11) is 0. The number of para-hydroxylation sites is 1. The van der Waals surface area contributed by atoms with Crippen LogP contribution in [0.25, 0.3) is 0 Å². The average Bonchev–Trinajstić information content (AvgIpc) is 2.94. The average molecular weight is 257 g/mol. The van der Waals surface area contributed by atoms with Crippen LogP contribution in [0.1, 0.15) is 20.8 Å². The lowest BCUT2D eigenvalue weighted by Gasteiger charge is -2.17. The van der Waals surface area contributed by atoms with E-state index in [0.29, 0.717) is 12.1 Å². The van der Waals surface area contributed by atoms with E-state index >= 15 is 0 Å². The van der Waals surface area contributed by atoms with E-state index in [1.54, 1.807) is 22.3 Å². The van der Waals surface area contributed by atoms with Crippen LogP contribution < -0.4 is 4.90 Å². The van der Waals surface area contributed by atoms with Crippen molar-refractivity contribution in [2.75, 3.05) is 4.90 Å². The summed E-state index contributed by atoms with van der Waals surface area (Å²) in [6.07, 6.45) is 0. The molecule has 0 N–H and O–H groups in total. The molecule has 1 amide bonds. The molecule has 1 aliphatic rings. The number of aryl methyl sites for hydroxylation is 1. The fraction of sp³-hybridized carbons (Fsp3) is 0.143. The van der Waals surface area contributed by atoms with Gasteiger partial charge in [0.15, 0.2) is 0 Å². The van der Waals surface area contributed by atoms with Crippen molar-refractivity contribution in [3.8, 4) is 0 Å². The van der Waals surface area contributed by atoms with Gasteiger partial charge in [-0.25, -0.2) is 0 Å². The summed E-state index contributed by atoms with van der Waals surface area (Å²) >= 11 is 1.59. The third-order valence-corrected chi connectivity index (χ3v) is 3.95. The summed E-state index contributed by atoms with van der Waals surface area (Å²) in [6.45, 7) is 2.40. The monoisotopic (exact) mass is 257 g/mol. The molecule has 0 aliphatic carbocycles. The Morgan fingerprint density at radius 1 is 1.17 bits per heavy atom. The van der Waals surface area contributed by atoms with Crippen molar-refractivity contribution in [3.63, 3.8) is 0 Å². The maximum absolute atomic E-state index is 12.0. The van der Waals surface area contributed by atoms with Crippen molar-refractivity contribution in [2.24, 2.45) is 0 Å². The van der Waals surface area contributed by atoms with Crippen LogP contribution in [-0.4, -0.2) is 11.7 Å². The minimum absolute atomic E-state index is 0.398. The normalized spacial score (nSPS) is 14.2. The second kappa shape index (κ2) is 4.07. The number of fused-ring (bicyclic) bond motifs is 1. The van der Waals surface area contributed by atoms with E-state index in [1.165, 1.54) is 0 Å². The molecule has 1 aromatic heterocycles. The number of nitrogens with zero attached hydrogens (tertiary/aromatic N) is 1. The van der Waals surface area contributed by atoms with E-state index in [4.69, 9.17) is 0 Å². The van der Waals surface area contributed by atoms with Crippen LogP contribution >= 0.6 is 11.3 Å². The van der Waals surface area contributed by atoms with Gasteiger partial charge in [-0.15, -0.1) is 11.3 Å². The molecule has 0 radical (unpaired) electrons. The molecule has 0 atom stereocenters. The lowest BCUT2D eigenvalue weighted by Crippen LogP contribution is -2.29. The maximum atomic E-state index is 12.0. The first-order valence-electron chi connectivity index (χ1n) is 5.66. The first-order valence-corrected chi connectivity index (χ1v) is 6.54. The van der Waals surface area contributed by atoms with Crippen LogP contribution in [0.15, 0.2) is 35.7 Å². The van der Waals surface area contributed by atoms with Crippen LogP contribution in [-0.2, 0) is 11.3 Å². The molecular formula is C14H11NO2S. The highest BCUT2D eigenvalue weighted by atomic mass is 32.1. The third kappa shape index (κ3) is 1.57. The zero-order valence-corrected chi connectivity index (χ0v) is 10.7. The second-order valence-corrected chi connectivity index (χ2v) is 5.30. The van der Waals surface area contributed by atoms with Crippen LogP contribution in [0.4, 0.5) is 5.69 Å². The first kappa shape index (κ1) is 11.2. The van der Waals surface area contributed by atoms with Gasteiger partial charge in [0, 0.05) is 4.88 Å². The molecule has 3 rings (SSSR count). The Morgan fingerprint density at radius 3 is 2.72 bits per heavy atom. The van der Waals surface area contributed by atoms with Gasteiger partial charge in [-0.2, -0.15) is 0 Å². The summed E-state index contributed by atoms with van der Waals surface area (Å²) in [5.74, 6) is -0.821. The van der Waals surface area contributed by atoms with Crippen molar-refractivity contribution >= 4 is 28.7 Å². The van der Waals surface area contributed by atoms with Gasteiger partial charge in [-0.1, -0.05) is 18.2 Å². The SMILES string of the molecule is Cc1cccc2c1N(Cc1cccs1)C(=O)C2=O. The van der Waals surface area contributed by atoms with Crippen molar-refractivity contribution < 1.29 is 9.59 Å². The van der Waals surface area contributed by atoms with E-state index in [2.05, 4.69) is 0 Å². The Labute approximate surface area is 109 Å². The maximum Gasteiger partial charge on any atom is 0.299 e. The Kier molecular flexibility index (Phi) is 2.52. The molecule has 1 aromatic carbocycles. The number of ketones is 1. The van der Waals surface area contributed by atoms with Gasteiger partial charge in [0.25, 0.3) is 11.7 Å². The molecular weight excluding hydrogens is 246 g/mol. The van der Waals surface area contributed by atoms with E-state index in [9.17, 15) is 9.59 Å². The van der Waals surface area contributed by atoms with Gasteiger partial charge < -0.3 is 0 Å². The van der Waals surface area contributed by atoms with E-state index in [1.807, 2.05) is 36.6 Å². The highest BCUT2D eigenvalue weighted by molar-refractivity contribution is 7.09. The van der Waals surface area contributed by atoms with Crippen molar-refractivity contribution in [1.29, 1.82) is 0 Å². The Bertz CT molecular complexity index is 631. The molecule has 0 saturated carbocycles. The largest absolute Gasteiger partial charge is 0.299 e. The quantitative estimate of drug-likeness (QED) is 0.776. The number of anilines is 1. The number of amides is 1. The van der Waals surface area contributed by atoms with Gasteiger partial charge in [-0.05, 0) is 30.0 Å². The number of hydrogen-bond donors (Lipinski definition) is 0. The highest BCUT2D eigenvalue weighted by Gasteiger charge is 2.36. The molecule has 0 bridgehead atoms. The molecule has 2 aromatic rings. The second-order valence-electron chi connectivity index (χ2n) is 4.27. The Hall–Kier alpha value is -1.94. The molecule has 2 heterocycles. The van der Waals surface area contributed by atoms with Gasteiger partial charge in [-0.3, -0.25) is 14.5 Å². The molecule has 0 unspecified atom stereocenters. The topological polar surface area (TPSA) is 37.4 Å². The summed E-state index contributed by atoms with van der Waals surface area (Å²) < 4.78 is 0. The number of thiophene rings is 1. The number of Topliss-reactive ketones (excluding diaryl/α,β-unsaturated/α-hetero) is 1. The molecule has 18 heavy (non-hydrogen) atoms. The summed E-state index contributed by atoms with van der Waals surface area (Å²) in [5.41, 5.74) is 2.25. The molecule has 0 saturated heterocycles. The van der Waals surface area contributed by atoms with Crippen molar-refractivity contribution in [3.05, 3.63) is 51.7 Å². The first-order chi connectivity index (χ1) is 8.68. The minimum Gasteiger partial charge on any atom is -0.299 e. The van der Waals surface area contributed by atoms with Crippen LogP contribution in [0.2, 0.25) is 0 Å². The van der Waals surface area contributed by atoms with E-state index < -0.39 is 11.7 Å². The van der Waals surface area contributed by atoms with Gasteiger partial charge >= 0.3 is 0 Å². The van der Waals surface area contributed by atoms with Crippen LogP contribution in [0.5, 0.6) is 0 Å². The number of rotatable bonds is 2. The Balaban J connectivity index is 2.07. The fourth-order valence-corrected chi connectivity index (χ4v) is 2.94. The van der Waals surface area contributed by atoms with Crippen molar-refractivity contribution in [2.45, 2.75) is 13.5 Å². The smallest absolute Gasteiger partial charge is 0.299 e. The number of hydrogen-bond acceptors (Lipinski definition) is 3. The van der Waals surface area contributed by atoms with E-state index in [-0.39, 0.29) is 0 Å². The Morgan fingerprint density at radius 2 is 2.00 bits per heavy atom. The van der Waals surface area contributed by atoms with Crippen LogP contribution in [0, 0.1) is 6.92 Å². The third-order valence-electron chi connectivity index (χ3n) is 3.09. The molecule has 4 heteroatoms. The standard InChI is InChI=1S/C14H11NO2S/c1-9-4-2-6-11-12(9)15(14(17)13(11)16)8-10-5-3-7-18-10/h2-7H,8H2,1H3. The van der Waals surface area contributed by atoms with Gasteiger partial charge in [0.2, 0.25) is 0 Å². The van der Waals surface area contributed by atoms with Gasteiger partial charge in [0.1, 0.15) is 0 Å².